The topological polar surface area (TPSA) is 66.4 Å². The molecule has 0 aliphatic heterocycles. The summed E-state index contributed by atoms with van der Waals surface area (Å²) in [7, 11) is 0. The molecule has 0 fully saturated rings. The van der Waals surface area contributed by atoms with Gasteiger partial charge in [-0.2, -0.15) is 0 Å². The molecule has 4 nitrogen and oxygen atoms in total. The van der Waals surface area contributed by atoms with E-state index in [9.17, 15) is 9.59 Å². The summed E-state index contributed by atoms with van der Waals surface area (Å²) in [4.78, 5) is 21.6. The van der Waals surface area contributed by atoms with Crippen molar-refractivity contribution in [2.75, 3.05) is 0 Å². The lowest BCUT2D eigenvalue weighted by atomic mass is 10.1. The molecule has 0 heterocycles. The monoisotopic (exact) mass is 373 g/mol. The molecule has 4 rings (SSSR count). The maximum atomic E-state index is 10.8. The zero-order valence-corrected chi connectivity index (χ0v) is 15.8. The van der Waals surface area contributed by atoms with Gasteiger partial charge < -0.3 is 10.4 Å². The van der Waals surface area contributed by atoms with Crippen molar-refractivity contribution in [3.63, 3.8) is 0 Å². The molecular formula is C24H23NO3. The molecule has 0 saturated carbocycles. The van der Waals surface area contributed by atoms with E-state index in [2.05, 4.69) is 53.8 Å². The van der Waals surface area contributed by atoms with Gasteiger partial charge in [-0.05, 0) is 34.2 Å². The van der Waals surface area contributed by atoms with Crippen molar-refractivity contribution < 1.29 is 14.7 Å². The third kappa shape index (κ3) is 4.86. The van der Waals surface area contributed by atoms with Crippen LogP contribution in [-0.2, 0) is 22.4 Å². The predicted octanol–water partition coefficient (Wildman–Crippen LogP) is 4.08. The third-order valence-electron chi connectivity index (χ3n) is 4.66. The first-order valence-electron chi connectivity index (χ1n) is 9.24. The summed E-state index contributed by atoms with van der Waals surface area (Å²) < 4.78 is 0. The van der Waals surface area contributed by atoms with Crippen molar-refractivity contribution in [1.29, 1.82) is 0 Å². The van der Waals surface area contributed by atoms with Crippen LogP contribution in [-0.4, -0.2) is 23.0 Å². The lowest BCUT2D eigenvalue weighted by Crippen LogP contribution is -2.41. The Morgan fingerprint density at radius 1 is 0.857 bits per heavy atom. The average molecular weight is 373 g/mol. The fourth-order valence-corrected chi connectivity index (χ4v) is 3.37. The third-order valence-corrected chi connectivity index (χ3v) is 4.66. The molecule has 4 heteroatoms. The molecule has 0 radical (unpaired) electrons. The van der Waals surface area contributed by atoms with E-state index in [1.165, 1.54) is 29.2 Å². The molecule has 28 heavy (non-hydrogen) atoms. The highest BCUT2D eigenvalue weighted by Gasteiger charge is 2.18. The van der Waals surface area contributed by atoms with Crippen LogP contribution in [0, 0.1) is 0 Å². The number of carbonyl (C=O) groups is 2. The summed E-state index contributed by atoms with van der Waals surface area (Å²) in [5, 5.41) is 11.3. The Kier molecular flexibility index (Phi) is 6.22. The summed E-state index contributed by atoms with van der Waals surface area (Å²) in [5.41, 5.74) is 6.64. The molecule has 0 spiro atoms. The molecule has 0 aromatic heterocycles. The second-order valence-electron chi connectivity index (χ2n) is 6.77. The summed E-state index contributed by atoms with van der Waals surface area (Å²) in [6, 6.07) is 25.6. The fraction of sp³-hybridized carbons (Fsp3) is 0.167. The smallest absolute Gasteiger partial charge is 0.326 e. The van der Waals surface area contributed by atoms with Crippen molar-refractivity contribution in [2.45, 2.75) is 25.8 Å². The van der Waals surface area contributed by atoms with E-state index < -0.39 is 12.0 Å². The van der Waals surface area contributed by atoms with Crippen LogP contribution in [0.5, 0.6) is 0 Å². The minimum atomic E-state index is -1.02. The quantitative estimate of drug-likeness (QED) is 0.567. The Hall–Kier alpha value is -3.40. The lowest BCUT2D eigenvalue weighted by Gasteiger charge is -2.12. The average Bonchev–Trinajstić information content (AvgIpc) is 3.07. The van der Waals surface area contributed by atoms with Gasteiger partial charge in [0.2, 0.25) is 5.91 Å². The van der Waals surface area contributed by atoms with Crippen molar-refractivity contribution in [3.05, 3.63) is 95.6 Å². The summed E-state index contributed by atoms with van der Waals surface area (Å²) in [5.74, 6) is -1.35. The van der Waals surface area contributed by atoms with Gasteiger partial charge in [-0.3, -0.25) is 4.79 Å². The van der Waals surface area contributed by atoms with E-state index in [1.807, 2.05) is 30.3 Å². The maximum absolute atomic E-state index is 10.8. The van der Waals surface area contributed by atoms with E-state index in [0.29, 0.717) is 6.42 Å². The molecule has 1 aliphatic carbocycles. The van der Waals surface area contributed by atoms with Crippen LogP contribution in [0.4, 0.5) is 0 Å². The van der Waals surface area contributed by atoms with Crippen molar-refractivity contribution in [1.82, 2.24) is 5.32 Å². The Morgan fingerprint density at radius 2 is 1.36 bits per heavy atom. The number of fused-ring (bicyclic) bond motifs is 3. The summed E-state index contributed by atoms with van der Waals surface area (Å²) >= 11 is 0. The van der Waals surface area contributed by atoms with E-state index in [1.54, 1.807) is 0 Å². The Bertz CT molecular complexity index is 923. The van der Waals surface area contributed by atoms with Crippen LogP contribution in [0.3, 0.4) is 0 Å². The van der Waals surface area contributed by atoms with Gasteiger partial charge in [0.05, 0.1) is 0 Å². The van der Waals surface area contributed by atoms with E-state index >= 15 is 0 Å². The van der Waals surface area contributed by atoms with Gasteiger partial charge in [0.25, 0.3) is 0 Å². The standard InChI is InChI=1S/C13H10.C11H13NO3/c1-3-7-12-10(5-1)9-11-6-2-4-8-13(11)12;1-8(13)12-10(11(14)15)7-9-5-3-2-4-6-9/h1-8H,9H2;2-6,10H,7H2,1H3,(H,12,13)(H,14,15). The highest BCUT2D eigenvalue weighted by Crippen LogP contribution is 2.35. The van der Waals surface area contributed by atoms with Gasteiger partial charge >= 0.3 is 5.97 Å². The number of hydrogen-bond donors (Lipinski definition) is 2. The van der Waals surface area contributed by atoms with Gasteiger partial charge in [0.15, 0.2) is 0 Å². The molecular weight excluding hydrogens is 350 g/mol. The lowest BCUT2D eigenvalue weighted by molar-refractivity contribution is -0.141. The first-order chi connectivity index (χ1) is 13.5. The zero-order valence-electron chi connectivity index (χ0n) is 15.8. The molecule has 1 atom stereocenters. The Balaban J connectivity index is 0.000000162. The molecule has 142 valence electrons. The molecule has 3 aromatic carbocycles. The predicted molar refractivity (Wildman–Crippen MR) is 110 cm³/mol. The number of nitrogens with one attached hydrogen (secondary N) is 1. The minimum absolute atomic E-state index is 0.301. The first-order valence-corrected chi connectivity index (χ1v) is 9.24. The Morgan fingerprint density at radius 3 is 1.86 bits per heavy atom. The molecule has 1 aliphatic rings. The van der Waals surface area contributed by atoms with Gasteiger partial charge in [-0.25, -0.2) is 4.79 Å². The molecule has 2 N–H and O–H groups in total. The zero-order chi connectivity index (χ0) is 19.9. The second-order valence-corrected chi connectivity index (χ2v) is 6.77. The minimum Gasteiger partial charge on any atom is -0.480 e. The summed E-state index contributed by atoms with van der Waals surface area (Å²) in [6.45, 7) is 1.31. The second kappa shape index (κ2) is 9.00. The number of carbonyl (C=O) groups excluding carboxylic acids is 1. The van der Waals surface area contributed by atoms with E-state index in [-0.39, 0.29) is 5.91 Å². The first kappa shape index (κ1) is 19.4. The molecule has 1 unspecified atom stereocenters. The number of carboxylic acid groups (broad SMARTS) is 1. The SMILES string of the molecule is CC(=O)NC(Cc1ccccc1)C(=O)O.c1ccc2c(c1)Cc1ccccc1-2. The van der Waals surface area contributed by atoms with Crippen molar-refractivity contribution in [3.8, 4) is 11.1 Å². The number of hydrogen-bond acceptors (Lipinski definition) is 2. The molecule has 0 saturated heterocycles. The van der Waals surface area contributed by atoms with Crippen LogP contribution >= 0.6 is 0 Å². The summed E-state index contributed by atoms with van der Waals surface area (Å²) in [6.07, 6.45) is 1.40. The maximum Gasteiger partial charge on any atom is 0.326 e. The highest BCUT2D eigenvalue weighted by molar-refractivity contribution is 5.82. The highest BCUT2D eigenvalue weighted by atomic mass is 16.4. The normalized spacial score (nSPS) is 12.0. The van der Waals surface area contributed by atoms with E-state index in [0.717, 1.165) is 12.0 Å². The van der Waals surface area contributed by atoms with Crippen LogP contribution in [0.2, 0.25) is 0 Å². The van der Waals surface area contributed by atoms with Gasteiger partial charge in [0.1, 0.15) is 6.04 Å². The number of rotatable bonds is 4. The fourth-order valence-electron chi connectivity index (χ4n) is 3.37. The number of aliphatic carboxylic acids is 1. The van der Waals surface area contributed by atoms with Crippen LogP contribution in [0.25, 0.3) is 11.1 Å². The van der Waals surface area contributed by atoms with Crippen molar-refractivity contribution >= 4 is 11.9 Å². The van der Waals surface area contributed by atoms with Crippen molar-refractivity contribution in [2.24, 2.45) is 0 Å². The molecule has 0 bridgehead atoms. The largest absolute Gasteiger partial charge is 0.480 e. The van der Waals surface area contributed by atoms with E-state index in [4.69, 9.17) is 5.11 Å². The number of carboxylic acids is 1. The Labute approximate surface area is 164 Å². The van der Waals surface area contributed by atoms with Crippen LogP contribution in [0.15, 0.2) is 78.9 Å². The van der Waals surface area contributed by atoms with Gasteiger partial charge in [0, 0.05) is 13.3 Å². The number of amides is 1. The van der Waals surface area contributed by atoms with Crippen LogP contribution < -0.4 is 5.32 Å². The van der Waals surface area contributed by atoms with Gasteiger partial charge in [-0.15, -0.1) is 0 Å². The molecule has 1 amide bonds. The number of benzene rings is 3. The van der Waals surface area contributed by atoms with Gasteiger partial charge in [-0.1, -0.05) is 78.9 Å². The van der Waals surface area contributed by atoms with Crippen LogP contribution in [0.1, 0.15) is 23.6 Å². The molecule has 3 aromatic rings.